The average molecular weight is 329 g/mol. The summed E-state index contributed by atoms with van der Waals surface area (Å²) in [7, 11) is 1.51. The maximum atomic E-state index is 12.3. The molecule has 0 aliphatic rings. The van der Waals surface area contributed by atoms with E-state index in [-0.39, 0.29) is 0 Å². The molecule has 0 atom stereocenters. The molecule has 3 aromatic rings. The molecule has 0 heterocycles. The van der Waals surface area contributed by atoms with Gasteiger partial charge in [-0.2, -0.15) is 5.26 Å². The Morgan fingerprint density at radius 1 is 0.880 bits per heavy atom. The van der Waals surface area contributed by atoms with Crippen LogP contribution in [0, 0.1) is 11.3 Å². The van der Waals surface area contributed by atoms with Gasteiger partial charge in [-0.05, 0) is 47.5 Å². The number of methoxy groups -OCH3 is 1. The highest BCUT2D eigenvalue weighted by Gasteiger charge is 2.13. The predicted molar refractivity (Wildman–Crippen MR) is 94.5 cm³/mol. The lowest BCUT2D eigenvalue weighted by atomic mass is 10.0. The van der Waals surface area contributed by atoms with Gasteiger partial charge >= 0.3 is 5.97 Å². The van der Waals surface area contributed by atoms with E-state index in [1.807, 2.05) is 24.3 Å². The lowest BCUT2D eigenvalue weighted by Gasteiger charge is -2.09. The maximum Gasteiger partial charge on any atom is 0.347 e. The van der Waals surface area contributed by atoms with Crippen LogP contribution in [0.4, 0.5) is 0 Å². The van der Waals surface area contributed by atoms with E-state index in [4.69, 9.17) is 14.7 Å². The van der Waals surface area contributed by atoms with Crippen LogP contribution >= 0.6 is 0 Å². The molecule has 3 rings (SSSR count). The zero-order chi connectivity index (χ0) is 17.6. The number of carbonyl (C=O) groups excluding carboxylic acids is 1. The van der Waals surface area contributed by atoms with Gasteiger partial charge in [-0.25, -0.2) is 4.79 Å². The summed E-state index contributed by atoms with van der Waals surface area (Å²) in [5, 5.41) is 8.84. The number of esters is 1. The number of rotatable bonds is 4. The molecule has 0 aromatic heterocycles. The third kappa shape index (κ3) is 3.67. The van der Waals surface area contributed by atoms with Crippen LogP contribution in [0.15, 0.2) is 72.8 Å². The molecule has 0 aliphatic carbocycles. The molecule has 3 aromatic carbocycles. The van der Waals surface area contributed by atoms with Crippen molar-refractivity contribution < 1.29 is 14.3 Å². The molecular weight excluding hydrogens is 314 g/mol. The number of hydrogen-bond acceptors (Lipinski definition) is 4. The van der Waals surface area contributed by atoms with Crippen LogP contribution < -0.4 is 9.47 Å². The SMILES string of the molecule is COc1ccccc1C(=O)Oc1ccc(-c2ccc(C#N)cc2)cc1. The highest BCUT2D eigenvalue weighted by atomic mass is 16.5. The third-order valence-electron chi connectivity index (χ3n) is 3.74. The number of nitriles is 1. The minimum Gasteiger partial charge on any atom is -0.496 e. The highest BCUT2D eigenvalue weighted by Crippen LogP contribution is 2.24. The molecule has 0 saturated heterocycles. The van der Waals surface area contributed by atoms with E-state index in [1.165, 1.54) is 7.11 Å². The van der Waals surface area contributed by atoms with Crippen LogP contribution in [0.25, 0.3) is 11.1 Å². The smallest absolute Gasteiger partial charge is 0.347 e. The lowest BCUT2D eigenvalue weighted by Crippen LogP contribution is -2.09. The Balaban J connectivity index is 1.76. The molecule has 0 saturated carbocycles. The molecule has 0 amide bonds. The summed E-state index contributed by atoms with van der Waals surface area (Å²) in [6.07, 6.45) is 0. The Kier molecular flexibility index (Phi) is 4.77. The molecule has 0 radical (unpaired) electrons. The topological polar surface area (TPSA) is 59.3 Å². The fraction of sp³-hybridized carbons (Fsp3) is 0.0476. The van der Waals surface area contributed by atoms with Gasteiger partial charge in [0.25, 0.3) is 0 Å². The summed E-state index contributed by atoms with van der Waals surface area (Å²) >= 11 is 0. The van der Waals surface area contributed by atoms with Crippen molar-refractivity contribution in [1.29, 1.82) is 5.26 Å². The van der Waals surface area contributed by atoms with Crippen molar-refractivity contribution >= 4 is 5.97 Å². The van der Waals surface area contributed by atoms with E-state index in [0.29, 0.717) is 22.6 Å². The summed E-state index contributed by atoms with van der Waals surface area (Å²) in [6, 6.07) is 23.5. The fourth-order valence-electron chi connectivity index (χ4n) is 2.43. The van der Waals surface area contributed by atoms with Gasteiger partial charge in [-0.15, -0.1) is 0 Å². The fourth-order valence-corrected chi connectivity index (χ4v) is 2.43. The van der Waals surface area contributed by atoms with Crippen molar-refractivity contribution in [2.45, 2.75) is 0 Å². The summed E-state index contributed by atoms with van der Waals surface area (Å²) < 4.78 is 10.6. The summed E-state index contributed by atoms with van der Waals surface area (Å²) in [4.78, 5) is 12.3. The van der Waals surface area contributed by atoms with Gasteiger partial charge < -0.3 is 9.47 Å². The molecule has 0 unspecified atom stereocenters. The zero-order valence-electron chi connectivity index (χ0n) is 13.6. The molecule has 0 fully saturated rings. The second kappa shape index (κ2) is 7.33. The molecular formula is C21H15NO3. The molecule has 122 valence electrons. The Morgan fingerprint density at radius 3 is 2.08 bits per heavy atom. The molecule has 0 bridgehead atoms. The van der Waals surface area contributed by atoms with E-state index >= 15 is 0 Å². The number of benzene rings is 3. The van der Waals surface area contributed by atoms with Crippen molar-refractivity contribution in [3.63, 3.8) is 0 Å². The number of hydrogen-bond donors (Lipinski definition) is 0. The van der Waals surface area contributed by atoms with E-state index in [9.17, 15) is 4.79 Å². The first-order valence-corrected chi connectivity index (χ1v) is 7.67. The van der Waals surface area contributed by atoms with E-state index in [1.54, 1.807) is 48.5 Å². The van der Waals surface area contributed by atoms with Crippen molar-refractivity contribution in [1.82, 2.24) is 0 Å². The monoisotopic (exact) mass is 329 g/mol. The predicted octanol–water partition coefficient (Wildman–Crippen LogP) is 4.45. The van der Waals surface area contributed by atoms with Gasteiger partial charge in [0.1, 0.15) is 17.1 Å². The quantitative estimate of drug-likeness (QED) is 0.524. The minimum atomic E-state index is -0.469. The Morgan fingerprint density at radius 2 is 1.48 bits per heavy atom. The van der Waals surface area contributed by atoms with Crippen LogP contribution in [0.1, 0.15) is 15.9 Å². The van der Waals surface area contributed by atoms with Gasteiger partial charge in [-0.3, -0.25) is 0 Å². The first-order chi connectivity index (χ1) is 12.2. The van der Waals surface area contributed by atoms with Gasteiger partial charge in [-0.1, -0.05) is 36.4 Å². The van der Waals surface area contributed by atoms with Crippen molar-refractivity contribution in [2.24, 2.45) is 0 Å². The average Bonchev–Trinajstić information content (AvgIpc) is 2.68. The molecule has 0 N–H and O–H groups in total. The standard InChI is InChI=1S/C21H15NO3/c1-24-20-5-3-2-4-19(20)21(23)25-18-12-10-17(11-13-18)16-8-6-15(14-22)7-9-16/h2-13H,1H3. The van der Waals surface area contributed by atoms with Crippen LogP contribution in [0.2, 0.25) is 0 Å². The maximum absolute atomic E-state index is 12.3. The van der Waals surface area contributed by atoms with Crippen LogP contribution in [-0.4, -0.2) is 13.1 Å². The normalized spacial score (nSPS) is 9.92. The van der Waals surface area contributed by atoms with E-state index in [2.05, 4.69) is 6.07 Å². The Labute approximate surface area is 145 Å². The minimum absolute atomic E-state index is 0.376. The molecule has 0 spiro atoms. The summed E-state index contributed by atoms with van der Waals surface area (Å²) in [5.74, 6) is 0.457. The number of para-hydroxylation sites is 1. The Hall–Kier alpha value is -3.58. The second-order valence-electron chi connectivity index (χ2n) is 5.30. The van der Waals surface area contributed by atoms with Gasteiger partial charge in [0.05, 0.1) is 18.7 Å². The van der Waals surface area contributed by atoms with Crippen LogP contribution in [-0.2, 0) is 0 Å². The third-order valence-corrected chi connectivity index (χ3v) is 3.74. The molecule has 4 nitrogen and oxygen atoms in total. The van der Waals surface area contributed by atoms with Crippen molar-refractivity contribution in [2.75, 3.05) is 7.11 Å². The second-order valence-corrected chi connectivity index (χ2v) is 5.30. The van der Waals surface area contributed by atoms with Crippen LogP contribution in [0.5, 0.6) is 11.5 Å². The number of ether oxygens (including phenoxy) is 2. The number of nitrogens with zero attached hydrogens (tertiary/aromatic N) is 1. The first-order valence-electron chi connectivity index (χ1n) is 7.67. The van der Waals surface area contributed by atoms with E-state index < -0.39 is 5.97 Å². The molecule has 0 aliphatic heterocycles. The Bertz CT molecular complexity index is 923. The van der Waals surface area contributed by atoms with E-state index in [0.717, 1.165) is 11.1 Å². The van der Waals surface area contributed by atoms with Crippen LogP contribution in [0.3, 0.4) is 0 Å². The summed E-state index contributed by atoms with van der Waals surface area (Å²) in [5.41, 5.74) is 2.95. The first kappa shape index (κ1) is 16.3. The van der Waals surface area contributed by atoms with Gasteiger partial charge in [0.15, 0.2) is 0 Å². The summed E-state index contributed by atoms with van der Waals surface area (Å²) in [6.45, 7) is 0. The van der Waals surface area contributed by atoms with Crippen molar-refractivity contribution in [3.05, 3.63) is 83.9 Å². The largest absolute Gasteiger partial charge is 0.496 e. The van der Waals surface area contributed by atoms with Gasteiger partial charge in [0, 0.05) is 0 Å². The number of carbonyl (C=O) groups is 1. The lowest BCUT2D eigenvalue weighted by molar-refractivity contribution is 0.0731. The highest BCUT2D eigenvalue weighted by molar-refractivity contribution is 5.94. The van der Waals surface area contributed by atoms with Gasteiger partial charge in [0.2, 0.25) is 0 Å². The van der Waals surface area contributed by atoms with Crippen molar-refractivity contribution in [3.8, 4) is 28.7 Å². The molecule has 4 heteroatoms. The zero-order valence-corrected chi connectivity index (χ0v) is 13.6. The molecule has 25 heavy (non-hydrogen) atoms.